The molecule has 0 saturated heterocycles. The van der Waals surface area contributed by atoms with Gasteiger partial charge in [0.05, 0.1) is 6.04 Å². The highest BCUT2D eigenvalue weighted by molar-refractivity contribution is 6.01. The Kier molecular flexibility index (Phi) is 9.10. The van der Waals surface area contributed by atoms with Crippen molar-refractivity contribution < 1.29 is 44.3 Å². The number of para-hydroxylation sites is 1. The van der Waals surface area contributed by atoms with Crippen LogP contribution in [0.1, 0.15) is 32.8 Å². The van der Waals surface area contributed by atoms with E-state index in [2.05, 4.69) is 0 Å². The number of carbonyl (C=O) groups is 4. The summed E-state index contributed by atoms with van der Waals surface area (Å²) in [5.41, 5.74) is 7.11. The lowest BCUT2D eigenvalue weighted by atomic mass is 10.1. The summed E-state index contributed by atoms with van der Waals surface area (Å²) < 4.78 is 5.31. The van der Waals surface area contributed by atoms with Crippen molar-refractivity contribution in [2.45, 2.75) is 57.5 Å². The Bertz CT molecular complexity index is 801. The topological polar surface area (TPSA) is 188 Å². The van der Waals surface area contributed by atoms with Gasteiger partial charge in [0, 0.05) is 5.69 Å². The van der Waals surface area contributed by atoms with E-state index in [9.17, 15) is 19.2 Å². The summed E-state index contributed by atoms with van der Waals surface area (Å²) in [6.45, 7) is 5.29. The molecule has 172 valence electrons. The zero-order valence-electron chi connectivity index (χ0n) is 17.5. The molecule has 1 aromatic rings. The van der Waals surface area contributed by atoms with Crippen LogP contribution in [0.3, 0.4) is 0 Å². The number of anilines is 1. The molecule has 3 atom stereocenters. The molecule has 11 nitrogen and oxygen atoms in total. The van der Waals surface area contributed by atoms with Gasteiger partial charge in [-0.25, -0.2) is 9.59 Å². The second-order valence-electron chi connectivity index (χ2n) is 7.85. The molecule has 11 heteroatoms. The molecule has 1 amide bonds. The smallest absolute Gasteiger partial charge is 0.335 e. The molecule has 31 heavy (non-hydrogen) atoms. The van der Waals surface area contributed by atoms with Crippen molar-refractivity contribution in [3.8, 4) is 0 Å². The van der Waals surface area contributed by atoms with E-state index in [1.807, 2.05) is 24.3 Å². The van der Waals surface area contributed by atoms with Crippen LogP contribution in [0, 0.1) is 0 Å². The number of carbonyl (C=O) groups excluding carboxylic acids is 2. The van der Waals surface area contributed by atoms with Crippen molar-refractivity contribution in [3.05, 3.63) is 29.8 Å². The van der Waals surface area contributed by atoms with E-state index in [0.29, 0.717) is 6.42 Å². The lowest BCUT2D eigenvalue weighted by Gasteiger charge is -2.26. The molecule has 0 spiro atoms. The van der Waals surface area contributed by atoms with E-state index in [-0.39, 0.29) is 12.5 Å². The van der Waals surface area contributed by atoms with Crippen LogP contribution in [0.4, 0.5) is 5.69 Å². The predicted octanol–water partition coefficient (Wildman–Crippen LogP) is -0.488. The maximum Gasteiger partial charge on any atom is 0.335 e. The van der Waals surface area contributed by atoms with Gasteiger partial charge in [-0.3, -0.25) is 14.5 Å². The van der Waals surface area contributed by atoms with Crippen molar-refractivity contribution >= 4 is 29.5 Å². The van der Waals surface area contributed by atoms with Crippen LogP contribution in [0.15, 0.2) is 24.3 Å². The quantitative estimate of drug-likeness (QED) is 0.374. The van der Waals surface area contributed by atoms with Crippen LogP contribution in [0.25, 0.3) is 0 Å². The molecular formula is C20H28N2O9. The van der Waals surface area contributed by atoms with Gasteiger partial charge in [-0.15, -0.1) is 0 Å². The SMILES string of the molecule is CC(C)(C)OC(=O)CN1C(=O)C(N)CCc2ccccc21.O=C(O)C(O)C(O)C(=O)O. The first-order chi connectivity index (χ1) is 14.2. The summed E-state index contributed by atoms with van der Waals surface area (Å²) in [6.07, 6.45) is -3.22. The summed E-state index contributed by atoms with van der Waals surface area (Å²) >= 11 is 0. The molecule has 1 aromatic carbocycles. The number of nitrogens with two attached hydrogens (primary N) is 1. The lowest BCUT2D eigenvalue weighted by Crippen LogP contribution is -2.46. The van der Waals surface area contributed by atoms with Crippen LogP contribution in [-0.2, 0) is 30.3 Å². The minimum Gasteiger partial charge on any atom is -0.479 e. The number of aliphatic hydroxyl groups excluding tert-OH is 2. The molecule has 1 aliphatic rings. The van der Waals surface area contributed by atoms with Crippen molar-refractivity contribution in [2.75, 3.05) is 11.4 Å². The number of nitrogens with zero attached hydrogens (tertiary/aromatic N) is 1. The molecular weight excluding hydrogens is 412 g/mol. The number of hydrogen-bond donors (Lipinski definition) is 5. The Morgan fingerprint density at radius 3 is 2.13 bits per heavy atom. The third-order valence-corrected chi connectivity index (χ3v) is 4.10. The van der Waals surface area contributed by atoms with Crippen LogP contribution in [0.5, 0.6) is 0 Å². The minimum absolute atomic E-state index is 0.110. The van der Waals surface area contributed by atoms with Crippen molar-refractivity contribution in [1.82, 2.24) is 0 Å². The lowest BCUT2D eigenvalue weighted by molar-refractivity contribution is -0.165. The van der Waals surface area contributed by atoms with E-state index >= 15 is 0 Å². The first-order valence-corrected chi connectivity index (χ1v) is 9.43. The number of ether oxygens (including phenoxy) is 1. The minimum atomic E-state index is -2.27. The van der Waals surface area contributed by atoms with Crippen LogP contribution >= 0.6 is 0 Å². The normalized spacial score (nSPS) is 17.9. The fourth-order valence-corrected chi connectivity index (χ4v) is 2.67. The van der Waals surface area contributed by atoms with E-state index in [4.69, 9.17) is 30.9 Å². The van der Waals surface area contributed by atoms with Crippen LogP contribution < -0.4 is 10.6 Å². The van der Waals surface area contributed by atoms with Gasteiger partial charge in [0.15, 0.2) is 12.2 Å². The fraction of sp³-hybridized carbons (Fsp3) is 0.500. The third-order valence-electron chi connectivity index (χ3n) is 4.10. The van der Waals surface area contributed by atoms with Gasteiger partial charge in [-0.05, 0) is 45.2 Å². The molecule has 1 aliphatic heterocycles. The molecule has 0 radical (unpaired) electrons. The standard InChI is InChI=1S/C16H22N2O3.C4H6O6/c1-16(2,3)21-14(19)10-18-13-7-5-4-6-11(13)8-9-12(17)15(18)20;5-1(3(7)8)2(6)4(9)10/h4-7,12H,8-10,17H2,1-3H3;1-2,5-6H,(H,7,8)(H,9,10). The average Bonchev–Trinajstić information content (AvgIpc) is 2.78. The number of carboxylic acid groups (broad SMARTS) is 2. The molecule has 3 unspecified atom stereocenters. The highest BCUT2D eigenvalue weighted by Crippen LogP contribution is 2.26. The maximum atomic E-state index is 12.4. The summed E-state index contributed by atoms with van der Waals surface area (Å²) in [6, 6.07) is 7.00. The molecule has 1 heterocycles. The Morgan fingerprint density at radius 1 is 1.13 bits per heavy atom. The van der Waals surface area contributed by atoms with Crippen molar-refractivity contribution in [3.63, 3.8) is 0 Å². The Balaban J connectivity index is 0.000000407. The van der Waals surface area contributed by atoms with Gasteiger partial charge >= 0.3 is 17.9 Å². The van der Waals surface area contributed by atoms with Gasteiger partial charge in [0.1, 0.15) is 12.1 Å². The Morgan fingerprint density at radius 2 is 1.65 bits per heavy atom. The number of carboxylic acids is 2. The van der Waals surface area contributed by atoms with E-state index in [1.54, 1.807) is 20.8 Å². The number of aliphatic hydroxyl groups is 2. The molecule has 0 aromatic heterocycles. The molecule has 0 bridgehead atoms. The van der Waals surface area contributed by atoms with Crippen molar-refractivity contribution in [1.29, 1.82) is 0 Å². The first kappa shape index (κ1) is 26.0. The largest absolute Gasteiger partial charge is 0.479 e. The Labute approximate surface area is 179 Å². The molecule has 0 fully saturated rings. The van der Waals surface area contributed by atoms with E-state index < -0.39 is 41.8 Å². The summed E-state index contributed by atoms with van der Waals surface area (Å²) in [4.78, 5) is 45.4. The zero-order chi connectivity index (χ0) is 23.9. The first-order valence-electron chi connectivity index (χ1n) is 9.43. The number of rotatable bonds is 5. The van der Waals surface area contributed by atoms with Gasteiger partial charge in [-0.2, -0.15) is 0 Å². The second kappa shape index (κ2) is 10.8. The maximum absolute atomic E-state index is 12.4. The molecule has 0 aliphatic carbocycles. The van der Waals surface area contributed by atoms with Gasteiger partial charge < -0.3 is 30.9 Å². The number of benzene rings is 1. The molecule has 6 N–H and O–H groups in total. The Hall–Kier alpha value is -3.02. The number of fused-ring (bicyclic) bond motifs is 1. The molecule has 2 rings (SSSR count). The number of esters is 1. The third kappa shape index (κ3) is 7.96. The second-order valence-corrected chi connectivity index (χ2v) is 7.85. The number of aliphatic carboxylic acids is 2. The summed E-state index contributed by atoms with van der Waals surface area (Å²) in [5.74, 6) is -4.20. The highest BCUT2D eigenvalue weighted by atomic mass is 16.6. The fourth-order valence-electron chi connectivity index (χ4n) is 2.67. The molecule has 0 saturated carbocycles. The van der Waals surface area contributed by atoms with E-state index in [1.165, 1.54) is 4.90 Å². The monoisotopic (exact) mass is 440 g/mol. The van der Waals surface area contributed by atoms with Gasteiger partial charge in [0.2, 0.25) is 5.91 Å². The summed E-state index contributed by atoms with van der Waals surface area (Å²) in [7, 11) is 0. The van der Waals surface area contributed by atoms with Crippen LogP contribution in [0.2, 0.25) is 0 Å². The average molecular weight is 440 g/mol. The highest BCUT2D eigenvalue weighted by Gasteiger charge is 2.31. The number of amides is 1. The van der Waals surface area contributed by atoms with Crippen LogP contribution in [-0.4, -0.2) is 74.6 Å². The predicted molar refractivity (Wildman–Crippen MR) is 108 cm³/mol. The number of aryl methyl sites for hydroxylation is 1. The summed E-state index contributed by atoms with van der Waals surface area (Å²) in [5, 5.41) is 32.5. The number of hydrogen-bond acceptors (Lipinski definition) is 8. The zero-order valence-corrected chi connectivity index (χ0v) is 17.5. The van der Waals surface area contributed by atoms with Crippen molar-refractivity contribution in [2.24, 2.45) is 5.73 Å². The van der Waals surface area contributed by atoms with Gasteiger partial charge in [0.25, 0.3) is 0 Å². The van der Waals surface area contributed by atoms with Gasteiger partial charge in [-0.1, -0.05) is 18.2 Å². The van der Waals surface area contributed by atoms with E-state index in [0.717, 1.165) is 17.7 Å².